The number of benzene rings is 2. The van der Waals surface area contributed by atoms with Crippen LogP contribution >= 0.6 is 0 Å². The number of amides is 5. The molecule has 92 heavy (non-hydrogen) atoms. The number of nitrogens with zero attached hydrogens (tertiary/aromatic N) is 6. The topological polar surface area (TPSA) is 256 Å². The highest BCUT2D eigenvalue weighted by atomic mass is 28.3. The molecule has 25 heteroatoms. The number of methoxy groups -OCH3 is 2. The van der Waals surface area contributed by atoms with Crippen LogP contribution in [0.25, 0.3) is 11.1 Å². The molecule has 0 spiro atoms. The monoisotopic (exact) mass is 1300 g/mol. The average molecular weight is 1300 g/mol. The summed E-state index contributed by atoms with van der Waals surface area (Å²) in [5.41, 5.74) is 6.11. The maximum Gasteiger partial charge on any atom is 0.405 e. The van der Waals surface area contributed by atoms with Gasteiger partial charge in [0.25, 0.3) is 11.4 Å². The lowest BCUT2D eigenvalue weighted by molar-refractivity contribution is -0.782. The van der Waals surface area contributed by atoms with E-state index in [0.29, 0.717) is 47.9 Å². The third-order valence-electron chi connectivity index (χ3n) is 17.7. The Bertz CT molecular complexity index is 3510. The SMILES string of the molecule is COC1=C2C=[N+]([O-])C3=CC=C(c4ccc(NC(=O)C(C)NC(=O)C(NC(=O)O)C(C)C)cc4)CC3C(=O)[N+]2(COCC[Si](C)(C)C)C=C1OCCCOC1=C[N+]2(COCC[Si](C)(C)C)C(=O)C3CC(c4ccc(N5CCN(C)CC5)cc4)=CC=C3[N+]([O-])=CC2=C1OC. The number of fused-ring (bicyclic) bond motifs is 4. The fourth-order valence-electron chi connectivity index (χ4n) is 12.1. The third-order valence-corrected chi connectivity index (χ3v) is 21.1. The van der Waals surface area contributed by atoms with E-state index in [1.165, 1.54) is 33.6 Å². The van der Waals surface area contributed by atoms with E-state index < -0.39 is 66.9 Å². The summed E-state index contributed by atoms with van der Waals surface area (Å²) in [4.78, 5) is 73.1. The summed E-state index contributed by atoms with van der Waals surface area (Å²) in [5, 5.41) is 45.4. The molecule has 1 fully saturated rings. The smallest absolute Gasteiger partial charge is 0.405 e. The molecule has 6 unspecified atom stereocenters. The Balaban J connectivity index is 0.909. The zero-order valence-corrected chi connectivity index (χ0v) is 57.2. The molecule has 2 aromatic carbocycles. The van der Waals surface area contributed by atoms with Crippen LogP contribution in [0.2, 0.25) is 51.4 Å². The summed E-state index contributed by atoms with van der Waals surface area (Å²) in [6.45, 7) is 23.0. The van der Waals surface area contributed by atoms with Crippen LogP contribution in [0.5, 0.6) is 0 Å². The first-order chi connectivity index (χ1) is 43.6. The number of allylic oxidation sites excluding steroid dienone is 8. The number of piperazine rings is 1. The molecule has 5 heterocycles. The van der Waals surface area contributed by atoms with Gasteiger partial charge in [-0.3, -0.25) is 9.59 Å². The van der Waals surface area contributed by atoms with Crippen LogP contribution in [0, 0.1) is 28.2 Å². The molecule has 4 N–H and O–H groups in total. The normalized spacial score (nSPS) is 23.1. The van der Waals surface area contributed by atoms with Crippen LogP contribution in [0.15, 0.2) is 131 Å². The van der Waals surface area contributed by atoms with Crippen LogP contribution in [-0.4, -0.2) is 186 Å². The molecule has 494 valence electrons. The maximum atomic E-state index is 15.5. The fraction of sp³-hybridized carbons (Fsp3) is 0.478. The van der Waals surface area contributed by atoms with Crippen molar-refractivity contribution < 1.29 is 75.9 Å². The lowest BCUT2D eigenvalue weighted by Crippen LogP contribution is -2.53. The minimum Gasteiger partial charge on any atom is -0.618 e. The Kier molecular flexibility index (Phi) is 21.2. The highest BCUT2D eigenvalue weighted by Gasteiger charge is 2.59. The number of hydroxylamine groups is 2. The second-order valence-corrected chi connectivity index (χ2v) is 38.5. The number of rotatable bonds is 27. The molecule has 6 atom stereocenters. The number of quaternary nitrogens is 2. The van der Waals surface area contributed by atoms with E-state index in [1.807, 2.05) is 6.08 Å². The minimum atomic E-state index is -1.58. The molecular weight excluding hydrogens is 1210 g/mol. The first kappa shape index (κ1) is 68.5. The Labute approximate surface area is 541 Å². The van der Waals surface area contributed by atoms with Gasteiger partial charge in [-0.1, -0.05) is 89.5 Å². The number of hydrogen-bond acceptors (Lipinski definition) is 15. The summed E-state index contributed by atoms with van der Waals surface area (Å²) in [6, 6.07) is 15.0. The lowest BCUT2D eigenvalue weighted by atomic mass is 9.86. The summed E-state index contributed by atoms with van der Waals surface area (Å²) in [6.07, 6.45) is 12.7. The van der Waals surface area contributed by atoms with Crippen molar-refractivity contribution in [2.24, 2.45) is 17.8 Å². The average Bonchev–Trinajstić information content (AvgIpc) is 1.58. The van der Waals surface area contributed by atoms with Crippen molar-refractivity contribution in [1.82, 2.24) is 15.5 Å². The molecule has 5 aliphatic heterocycles. The summed E-state index contributed by atoms with van der Waals surface area (Å²) in [5.74, 6) is -2.94. The third kappa shape index (κ3) is 15.3. The summed E-state index contributed by atoms with van der Waals surface area (Å²) < 4.78 is 38.4. The van der Waals surface area contributed by atoms with E-state index in [2.05, 4.69) is 96.3 Å². The van der Waals surface area contributed by atoms with E-state index >= 15 is 9.59 Å². The van der Waals surface area contributed by atoms with Gasteiger partial charge in [-0.25, -0.2) is 14.4 Å². The quantitative estimate of drug-likeness (QED) is 0.0214. The number of likely N-dealkylation sites (N-methyl/N-ethyl adjacent to an activating group) is 1. The minimum absolute atomic E-state index is 0.0686. The predicted molar refractivity (Wildman–Crippen MR) is 356 cm³/mol. The van der Waals surface area contributed by atoms with Crippen LogP contribution in [-0.2, 0) is 47.6 Å². The van der Waals surface area contributed by atoms with Gasteiger partial charge in [-0.15, -0.1) is 0 Å². The van der Waals surface area contributed by atoms with Crippen molar-refractivity contribution in [2.75, 3.05) is 97.6 Å². The second kappa shape index (κ2) is 28.5. The van der Waals surface area contributed by atoms with Gasteiger partial charge >= 0.3 is 17.9 Å². The zero-order chi connectivity index (χ0) is 66.5. The van der Waals surface area contributed by atoms with Gasteiger partial charge in [0.05, 0.1) is 40.6 Å². The van der Waals surface area contributed by atoms with Crippen LogP contribution < -0.4 is 20.9 Å². The molecular formula is C67H91N9O14Si2+2. The number of nitrogens with one attached hydrogen (secondary N) is 3. The lowest BCUT2D eigenvalue weighted by Gasteiger charge is -2.34. The van der Waals surface area contributed by atoms with Crippen molar-refractivity contribution in [3.05, 3.63) is 153 Å². The summed E-state index contributed by atoms with van der Waals surface area (Å²) in [7, 11) is 1.95. The van der Waals surface area contributed by atoms with Crippen molar-refractivity contribution in [3.8, 4) is 0 Å². The fourth-order valence-corrected chi connectivity index (χ4v) is 13.7. The van der Waals surface area contributed by atoms with Crippen molar-refractivity contribution in [3.63, 3.8) is 0 Å². The number of hydrogen-bond donors (Lipinski definition) is 4. The number of carbonyl (C=O) groups is 5. The molecule has 0 saturated carbocycles. The van der Waals surface area contributed by atoms with Crippen molar-refractivity contribution in [2.45, 2.75) is 103 Å². The zero-order valence-electron chi connectivity index (χ0n) is 55.2. The van der Waals surface area contributed by atoms with E-state index in [4.69, 9.17) is 28.4 Å². The number of ether oxygens (including phenoxy) is 6. The van der Waals surface area contributed by atoms with E-state index in [0.717, 1.165) is 71.0 Å². The molecule has 0 bridgehead atoms. The van der Waals surface area contributed by atoms with Gasteiger partial charge in [0.2, 0.25) is 58.7 Å². The maximum absolute atomic E-state index is 15.5. The molecule has 7 aliphatic rings. The Morgan fingerprint density at radius 2 is 1.11 bits per heavy atom. The van der Waals surface area contributed by atoms with Crippen LogP contribution in [0.1, 0.15) is 51.2 Å². The largest absolute Gasteiger partial charge is 0.618 e. The van der Waals surface area contributed by atoms with E-state index in [-0.39, 0.29) is 85.3 Å². The van der Waals surface area contributed by atoms with Gasteiger partial charge in [0.15, 0.2) is 37.7 Å². The van der Waals surface area contributed by atoms with Gasteiger partial charge in [-0.05, 0) is 91.4 Å². The molecule has 0 aromatic heterocycles. The van der Waals surface area contributed by atoms with E-state index in [9.17, 15) is 29.9 Å². The standard InChI is InChI=1S/C67H89N9O14Si2/c1-44(2)60(70-67(81)82)64(78)68-45(3)63(77)69-50-20-14-46(15-21-50)48-18-24-54-52(36-48)65(79)75(42-87-32-34-91(7,8)9)40-58(61(85-5)56(75)38-73(54)83)89-30-13-31-90-59-41-76(43-88-33-35-92(10,11)12)57(62(59)86-6)39-74(84)55-25-19-49(37-53(55)66(76)80)47-16-22-51(23-17-47)72-28-26-71(4)27-29-72/h14-25,38-41,44-45,52-53,60,70H,13,26-37,42-43H2,1-12H3,(H-2,68,69,77,78,81,82)/p+2. The molecule has 2 aliphatic carbocycles. The van der Waals surface area contributed by atoms with Gasteiger partial charge in [0.1, 0.15) is 12.1 Å². The Morgan fingerprint density at radius 1 is 0.652 bits per heavy atom. The van der Waals surface area contributed by atoms with Crippen molar-refractivity contribution >= 4 is 80.8 Å². The molecule has 9 rings (SSSR count). The number of carbonyl (C=O) groups excluding carboxylic acids is 4. The molecule has 5 amide bonds. The number of anilines is 2. The number of carboxylic acid groups (broad SMARTS) is 1. The molecule has 1 saturated heterocycles. The first-order valence-electron chi connectivity index (χ1n) is 31.6. The van der Waals surface area contributed by atoms with Crippen LogP contribution in [0.3, 0.4) is 0 Å². The predicted octanol–water partition coefficient (Wildman–Crippen LogP) is 8.80. The molecule has 23 nitrogen and oxygen atoms in total. The Hall–Kier alpha value is -7.92. The molecule has 2 aromatic rings. The first-order valence-corrected chi connectivity index (χ1v) is 39.1. The van der Waals surface area contributed by atoms with Crippen LogP contribution in [0.4, 0.5) is 16.2 Å². The Morgan fingerprint density at radius 3 is 1.53 bits per heavy atom. The highest BCUT2D eigenvalue weighted by molar-refractivity contribution is 6.76. The van der Waals surface area contributed by atoms with Gasteiger partial charge < -0.3 is 69.7 Å². The van der Waals surface area contributed by atoms with Gasteiger partial charge in [-0.2, -0.15) is 18.4 Å². The van der Waals surface area contributed by atoms with Crippen molar-refractivity contribution in [1.29, 1.82) is 0 Å². The second-order valence-electron chi connectivity index (χ2n) is 27.3. The van der Waals surface area contributed by atoms with E-state index in [1.54, 1.807) is 68.7 Å². The van der Waals surface area contributed by atoms with Gasteiger partial charge in [0, 0.05) is 72.3 Å². The molecule has 0 radical (unpaired) electrons. The highest BCUT2D eigenvalue weighted by Crippen LogP contribution is 2.46. The summed E-state index contributed by atoms with van der Waals surface area (Å²) >= 11 is 0.